The summed E-state index contributed by atoms with van der Waals surface area (Å²) >= 11 is 0. The standard InChI is InChI=1S/C11H26N2/c1-5-11(2)7-9-12-8-6-10-13(3)4/h11-12H,5-10H2,1-4H3. The molecule has 80 valence electrons. The molecule has 0 aromatic carbocycles. The first kappa shape index (κ1) is 12.9. The van der Waals surface area contributed by atoms with Crippen molar-refractivity contribution in [1.29, 1.82) is 0 Å². The maximum absolute atomic E-state index is 3.48. The molecular formula is C11H26N2. The van der Waals surface area contributed by atoms with E-state index < -0.39 is 0 Å². The Morgan fingerprint density at radius 3 is 2.46 bits per heavy atom. The molecule has 0 aromatic heterocycles. The molecule has 0 amide bonds. The summed E-state index contributed by atoms with van der Waals surface area (Å²) in [6, 6.07) is 0. The number of nitrogens with zero attached hydrogens (tertiary/aromatic N) is 1. The minimum Gasteiger partial charge on any atom is -0.317 e. The molecule has 1 atom stereocenters. The second kappa shape index (κ2) is 8.52. The maximum Gasteiger partial charge on any atom is -0.00127 e. The number of hydrogen-bond acceptors (Lipinski definition) is 2. The number of rotatable bonds is 8. The summed E-state index contributed by atoms with van der Waals surface area (Å²) in [5.74, 6) is 0.876. The van der Waals surface area contributed by atoms with E-state index in [4.69, 9.17) is 0 Å². The third kappa shape index (κ3) is 9.84. The molecule has 1 unspecified atom stereocenters. The van der Waals surface area contributed by atoms with Crippen molar-refractivity contribution in [3.63, 3.8) is 0 Å². The van der Waals surface area contributed by atoms with Gasteiger partial charge in [-0.1, -0.05) is 20.3 Å². The molecule has 0 aliphatic heterocycles. The lowest BCUT2D eigenvalue weighted by atomic mass is 10.1. The molecular weight excluding hydrogens is 160 g/mol. The highest BCUT2D eigenvalue weighted by atomic mass is 15.0. The van der Waals surface area contributed by atoms with Crippen LogP contribution in [0.15, 0.2) is 0 Å². The average molecular weight is 186 g/mol. The van der Waals surface area contributed by atoms with E-state index in [1.807, 2.05) is 0 Å². The Labute approximate surface area is 83.7 Å². The molecule has 2 heteroatoms. The summed E-state index contributed by atoms with van der Waals surface area (Å²) in [7, 11) is 4.25. The highest BCUT2D eigenvalue weighted by molar-refractivity contribution is 4.54. The van der Waals surface area contributed by atoms with Crippen molar-refractivity contribution in [2.24, 2.45) is 5.92 Å². The summed E-state index contributed by atoms with van der Waals surface area (Å²) in [4.78, 5) is 2.23. The lowest BCUT2D eigenvalue weighted by Crippen LogP contribution is -2.22. The third-order valence-electron chi connectivity index (χ3n) is 2.47. The second-order valence-electron chi connectivity index (χ2n) is 4.21. The first-order chi connectivity index (χ1) is 6.16. The Kier molecular flexibility index (Phi) is 8.46. The Morgan fingerprint density at radius 2 is 1.92 bits per heavy atom. The van der Waals surface area contributed by atoms with E-state index in [1.165, 1.54) is 32.4 Å². The average Bonchev–Trinajstić information content (AvgIpc) is 2.10. The first-order valence-corrected chi connectivity index (χ1v) is 5.52. The topological polar surface area (TPSA) is 15.3 Å². The molecule has 0 bridgehead atoms. The Hall–Kier alpha value is -0.0800. The normalized spacial score (nSPS) is 13.6. The van der Waals surface area contributed by atoms with Gasteiger partial charge in [0, 0.05) is 0 Å². The van der Waals surface area contributed by atoms with Crippen molar-refractivity contribution in [2.45, 2.75) is 33.1 Å². The van der Waals surface area contributed by atoms with Crippen LogP contribution < -0.4 is 5.32 Å². The van der Waals surface area contributed by atoms with Crippen LogP contribution >= 0.6 is 0 Å². The summed E-state index contributed by atoms with van der Waals surface area (Å²) in [6.45, 7) is 8.12. The monoisotopic (exact) mass is 186 g/mol. The van der Waals surface area contributed by atoms with Gasteiger partial charge in [-0.2, -0.15) is 0 Å². The van der Waals surface area contributed by atoms with Crippen LogP contribution in [-0.4, -0.2) is 38.6 Å². The Balaban J connectivity index is 2.99. The van der Waals surface area contributed by atoms with Gasteiger partial charge in [-0.25, -0.2) is 0 Å². The van der Waals surface area contributed by atoms with Gasteiger partial charge >= 0.3 is 0 Å². The van der Waals surface area contributed by atoms with Crippen LogP contribution in [0.2, 0.25) is 0 Å². The summed E-state index contributed by atoms with van der Waals surface area (Å²) in [5, 5.41) is 3.48. The highest BCUT2D eigenvalue weighted by Gasteiger charge is 1.97. The van der Waals surface area contributed by atoms with E-state index in [-0.39, 0.29) is 0 Å². The fraction of sp³-hybridized carbons (Fsp3) is 1.00. The molecule has 0 spiro atoms. The van der Waals surface area contributed by atoms with Gasteiger partial charge in [0.25, 0.3) is 0 Å². The van der Waals surface area contributed by atoms with Crippen LogP contribution in [0.3, 0.4) is 0 Å². The molecule has 0 aliphatic carbocycles. The van der Waals surface area contributed by atoms with Gasteiger partial charge in [0.2, 0.25) is 0 Å². The zero-order chi connectivity index (χ0) is 10.1. The first-order valence-electron chi connectivity index (χ1n) is 5.52. The summed E-state index contributed by atoms with van der Waals surface area (Å²) in [5.41, 5.74) is 0. The number of hydrogen-bond donors (Lipinski definition) is 1. The fourth-order valence-electron chi connectivity index (χ4n) is 1.20. The van der Waals surface area contributed by atoms with Crippen LogP contribution in [-0.2, 0) is 0 Å². The van der Waals surface area contributed by atoms with Crippen LogP contribution in [0, 0.1) is 5.92 Å². The molecule has 0 saturated carbocycles. The smallest absolute Gasteiger partial charge is 0.00127 e. The van der Waals surface area contributed by atoms with Crippen molar-refractivity contribution in [1.82, 2.24) is 10.2 Å². The summed E-state index contributed by atoms with van der Waals surface area (Å²) in [6.07, 6.45) is 3.88. The van der Waals surface area contributed by atoms with E-state index in [0.717, 1.165) is 12.5 Å². The van der Waals surface area contributed by atoms with Crippen LogP contribution in [0.4, 0.5) is 0 Å². The van der Waals surface area contributed by atoms with Gasteiger partial charge in [-0.05, 0) is 52.5 Å². The Morgan fingerprint density at radius 1 is 1.23 bits per heavy atom. The van der Waals surface area contributed by atoms with Crippen molar-refractivity contribution in [2.75, 3.05) is 33.7 Å². The van der Waals surface area contributed by atoms with Crippen molar-refractivity contribution >= 4 is 0 Å². The predicted molar refractivity (Wildman–Crippen MR) is 60.1 cm³/mol. The third-order valence-corrected chi connectivity index (χ3v) is 2.47. The molecule has 2 nitrogen and oxygen atoms in total. The minimum absolute atomic E-state index is 0.876. The zero-order valence-corrected chi connectivity index (χ0v) is 9.77. The van der Waals surface area contributed by atoms with Gasteiger partial charge in [-0.15, -0.1) is 0 Å². The van der Waals surface area contributed by atoms with Gasteiger partial charge in [0.05, 0.1) is 0 Å². The van der Waals surface area contributed by atoms with Gasteiger partial charge in [0.1, 0.15) is 0 Å². The predicted octanol–water partition coefficient (Wildman–Crippen LogP) is 1.96. The summed E-state index contributed by atoms with van der Waals surface area (Å²) < 4.78 is 0. The second-order valence-corrected chi connectivity index (χ2v) is 4.21. The van der Waals surface area contributed by atoms with Crippen molar-refractivity contribution in [3.8, 4) is 0 Å². The van der Waals surface area contributed by atoms with Crippen molar-refractivity contribution in [3.05, 3.63) is 0 Å². The lowest BCUT2D eigenvalue weighted by Gasteiger charge is -2.11. The number of nitrogens with one attached hydrogen (secondary N) is 1. The molecule has 0 aromatic rings. The molecule has 0 heterocycles. The van der Waals surface area contributed by atoms with Gasteiger partial charge in [-0.3, -0.25) is 0 Å². The van der Waals surface area contributed by atoms with E-state index >= 15 is 0 Å². The van der Waals surface area contributed by atoms with E-state index in [2.05, 4.69) is 38.2 Å². The SMILES string of the molecule is CCC(C)CCNCCCN(C)C. The molecule has 1 N–H and O–H groups in total. The minimum atomic E-state index is 0.876. The molecule has 0 radical (unpaired) electrons. The molecule has 0 aliphatic rings. The van der Waals surface area contributed by atoms with Crippen molar-refractivity contribution < 1.29 is 0 Å². The van der Waals surface area contributed by atoms with Gasteiger partial charge in [0.15, 0.2) is 0 Å². The fourth-order valence-corrected chi connectivity index (χ4v) is 1.20. The Bertz CT molecular complexity index is 102. The largest absolute Gasteiger partial charge is 0.317 e. The lowest BCUT2D eigenvalue weighted by molar-refractivity contribution is 0.391. The molecule has 0 saturated heterocycles. The van der Waals surface area contributed by atoms with Crippen LogP contribution in [0.5, 0.6) is 0 Å². The molecule has 0 rings (SSSR count). The van der Waals surface area contributed by atoms with Gasteiger partial charge < -0.3 is 10.2 Å². The maximum atomic E-state index is 3.48. The molecule has 0 fully saturated rings. The van der Waals surface area contributed by atoms with Crippen LogP contribution in [0.1, 0.15) is 33.1 Å². The van der Waals surface area contributed by atoms with E-state index in [1.54, 1.807) is 0 Å². The quantitative estimate of drug-likeness (QED) is 0.583. The molecule has 13 heavy (non-hydrogen) atoms. The highest BCUT2D eigenvalue weighted by Crippen LogP contribution is 2.03. The van der Waals surface area contributed by atoms with Crippen LogP contribution in [0.25, 0.3) is 0 Å². The zero-order valence-electron chi connectivity index (χ0n) is 9.77. The van der Waals surface area contributed by atoms with E-state index in [0.29, 0.717) is 0 Å². The van der Waals surface area contributed by atoms with E-state index in [9.17, 15) is 0 Å².